The minimum Gasteiger partial charge on any atom is -0.378 e. The van der Waals surface area contributed by atoms with E-state index in [0.717, 1.165) is 33.6 Å². The number of hydrogen-bond acceptors (Lipinski definition) is 16. The maximum atomic E-state index is 15.3. The molecule has 11 rings (SSSR count). The van der Waals surface area contributed by atoms with Gasteiger partial charge in [0.2, 0.25) is 0 Å². The van der Waals surface area contributed by atoms with Gasteiger partial charge in [-0.15, -0.1) is 0 Å². The minimum atomic E-state index is -4.74. The number of fused-ring (bicyclic) bond motifs is 8. The molecule has 16 nitrogen and oxygen atoms in total. The van der Waals surface area contributed by atoms with Crippen LogP contribution in [0.15, 0.2) is 232 Å². The summed E-state index contributed by atoms with van der Waals surface area (Å²) in [5.74, 6) is -0.436. The molecule has 0 saturated heterocycles. The molecule has 0 radical (unpaired) electrons. The normalized spacial score (nSPS) is 13.0. The molecule has 0 amide bonds. The van der Waals surface area contributed by atoms with Crippen molar-refractivity contribution in [3.63, 3.8) is 0 Å². The Balaban J connectivity index is 1.23. The van der Waals surface area contributed by atoms with Gasteiger partial charge in [0, 0.05) is 138 Å². The van der Waals surface area contributed by atoms with Crippen LogP contribution in [0.3, 0.4) is 0 Å². The van der Waals surface area contributed by atoms with Gasteiger partial charge in [-0.05, 0) is 180 Å². The summed E-state index contributed by atoms with van der Waals surface area (Å²) < 4.78 is 151. The second-order valence-electron chi connectivity index (χ2n) is 27.0. The van der Waals surface area contributed by atoms with Crippen molar-refractivity contribution in [1.29, 1.82) is 0 Å². The van der Waals surface area contributed by atoms with Crippen molar-refractivity contribution in [2.45, 2.75) is 123 Å². The van der Waals surface area contributed by atoms with E-state index < -0.39 is 51.3 Å². The lowest BCUT2D eigenvalue weighted by molar-refractivity contribution is 0.477. The van der Waals surface area contributed by atoms with Crippen molar-refractivity contribution in [2.24, 2.45) is 0 Å². The lowest BCUT2D eigenvalue weighted by atomic mass is 9.81. The Labute approximate surface area is 632 Å². The fourth-order valence-corrected chi connectivity index (χ4v) is 16.9. The van der Waals surface area contributed by atoms with Gasteiger partial charge >= 0.3 is 40.5 Å². The molecule has 2 heterocycles. The molecule has 24 heteroatoms. The molecule has 2 aromatic heterocycles. The summed E-state index contributed by atoms with van der Waals surface area (Å²) in [6.45, 7) is 14.1. The predicted molar refractivity (Wildman–Crippen MR) is 411 cm³/mol. The third kappa shape index (κ3) is 19.4. The largest absolute Gasteiger partial charge is 0.378 e. The molecule has 532 valence electrons. The fourth-order valence-electron chi connectivity index (χ4n) is 11.9. The number of benzene rings is 8. The average Bonchev–Trinajstić information content (AvgIpc) is 0.755. The van der Waals surface area contributed by atoms with Gasteiger partial charge in [0.25, 0.3) is 0 Å². The van der Waals surface area contributed by atoms with Crippen molar-refractivity contribution in [3.8, 4) is 23.0 Å². The number of nitrogens with zero attached hydrogens (tertiary/aromatic N) is 2. The zero-order valence-corrected chi connectivity index (χ0v) is 66.5. The lowest BCUT2D eigenvalue weighted by Crippen LogP contribution is -2.21. The van der Waals surface area contributed by atoms with E-state index in [1.165, 1.54) is 48.5 Å². The molecule has 8 aromatic carbocycles. The zero-order valence-electron chi connectivity index (χ0n) is 56.9. The van der Waals surface area contributed by atoms with Gasteiger partial charge in [0.1, 0.15) is 42.6 Å². The van der Waals surface area contributed by atoms with Gasteiger partial charge < -0.3 is 27.4 Å². The Hall–Kier alpha value is -7.10. The highest BCUT2D eigenvalue weighted by Crippen LogP contribution is 2.45. The van der Waals surface area contributed by atoms with Gasteiger partial charge in [-0.25, -0.2) is 0 Å². The Morgan fingerprint density at radius 3 is 0.794 bits per heavy atom. The topological polar surface area (TPSA) is 223 Å². The number of aromatic nitrogens is 2. The van der Waals surface area contributed by atoms with E-state index in [2.05, 4.69) is 84.3 Å². The first-order valence-electron chi connectivity index (χ1n) is 33.0. The predicted octanol–water partition coefficient (Wildman–Crippen LogP) is 16.6. The van der Waals surface area contributed by atoms with E-state index in [1.54, 1.807) is 60.9 Å². The number of rotatable bonds is 24. The molecule has 0 fully saturated rings. The van der Waals surface area contributed by atoms with E-state index >= 15 is 33.7 Å². The van der Waals surface area contributed by atoms with Crippen LogP contribution in [-0.2, 0) is 103 Å². The first-order valence-corrected chi connectivity index (χ1v) is 41.8. The highest BCUT2D eigenvalue weighted by atomic mass is 79.9. The third-order valence-corrected chi connectivity index (χ3v) is 24.3. The number of nitrogens with one attached hydrogen (secondary N) is 2. The van der Waals surface area contributed by atoms with Crippen molar-refractivity contribution in [2.75, 3.05) is 26.2 Å². The molecular formula is C78H76Br4N4O12S4. The van der Waals surface area contributed by atoms with Crippen LogP contribution in [0.1, 0.15) is 120 Å². The Kier molecular flexibility index (Phi) is 23.9. The molecule has 0 unspecified atom stereocenters. The summed E-state index contributed by atoms with van der Waals surface area (Å²) in [7, 11) is -19.0. The smallest absolute Gasteiger partial charge is 0.339 e. The van der Waals surface area contributed by atoms with E-state index in [0.29, 0.717) is 114 Å². The van der Waals surface area contributed by atoms with Crippen molar-refractivity contribution in [1.82, 2.24) is 20.6 Å². The molecule has 0 spiro atoms. The molecule has 1 aliphatic carbocycles. The highest BCUT2D eigenvalue weighted by Gasteiger charge is 2.34. The molecule has 102 heavy (non-hydrogen) atoms. The molecule has 2 N–H and O–H groups in total. The van der Waals surface area contributed by atoms with Gasteiger partial charge in [0.05, 0.1) is 0 Å². The summed E-state index contributed by atoms with van der Waals surface area (Å²) in [5.41, 5.74) is 5.75. The average molecular weight is 1710 g/mol. The monoisotopic (exact) mass is 1700 g/mol. The Bertz CT molecular complexity index is 4740. The number of pyridine rings is 2. The lowest BCUT2D eigenvalue weighted by Gasteiger charge is -2.27. The maximum Gasteiger partial charge on any atom is 0.339 e. The van der Waals surface area contributed by atoms with Crippen molar-refractivity contribution >= 4 is 104 Å². The van der Waals surface area contributed by atoms with Crippen LogP contribution >= 0.6 is 63.7 Å². The van der Waals surface area contributed by atoms with E-state index in [9.17, 15) is 0 Å². The summed E-state index contributed by atoms with van der Waals surface area (Å²) in [6, 6.07) is 50.3. The van der Waals surface area contributed by atoms with E-state index in [4.69, 9.17) is 16.7 Å². The molecular weight excluding hydrogens is 1630 g/mol. The molecule has 0 aliphatic heterocycles. The van der Waals surface area contributed by atoms with Crippen LogP contribution in [0.2, 0.25) is 0 Å². The molecule has 0 atom stereocenters. The Morgan fingerprint density at radius 2 is 0.569 bits per heavy atom. The van der Waals surface area contributed by atoms with Crippen LogP contribution in [0.25, 0.3) is 0 Å². The van der Waals surface area contributed by atoms with Crippen LogP contribution in [0, 0.1) is 0 Å². The second kappa shape index (κ2) is 32.1. The van der Waals surface area contributed by atoms with Gasteiger partial charge in [-0.3, -0.25) is 9.97 Å². The second-order valence-corrected chi connectivity index (χ2v) is 36.9. The first-order chi connectivity index (χ1) is 48.4. The zero-order chi connectivity index (χ0) is 72.8. The first kappa shape index (κ1) is 76.0. The van der Waals surface area contributed by atoms with Gasteiger partial charge in [-0.2, -0.15) is 33.7 Å². The summed E-state index contributed by atoms with van der Waals surface area (Å²) in [5, 5.41) is 7.11. The third-order valence-electron chi connectivity index (χ3n) is 17.3. The number of hydrogen-bond donors (Lipinski definition) is 2. The SMILES string of the molecule is CC(C)(C)c1cc2c(OS(=O)(=O)c3ccc(Br)cc3)c(c1)Cc1cc(CCNCCc3ccccn3)cc(c1OS(=O)(=O)c1ccc(Br)cc1)Cc1cc(C(C)(C)C)cc(c1OS(=O)(=O)c1ccc(Br)cc1)Cc1cc(CCNCCc3ccccn3)cc(c1OS(=O)(=O)c1ccc(Br)cc1)C2. The van der Waals surface area contributed by atoms with Crippen molar-refractivity contribution in [3.05, 3.63) is 290 Å². The number of halogens is 4. The molecule has 1 aliphatic rings. The molecule has 10 aromatic rings. The standard InChI is InChI=1S/C78H76Br4N4O12S4/c1-77(2,3)61-47-57-43-53-39-51(29-35-83-37-31-67-11-7-9-33-85-67)41-55(73(53)95-99(87,88)69-21-13-63(79)14-22-69)45-59-49-62(78(4,5)6)50-60(76(59)98-102(93,94)72-27-19-66(82)20-28-72)46-56-42-52(30-36-84-38-32-68-12-8-10-34-86-68)40-54(74(56)96-100(89,90)70-23-15-64(80)16-24-70)44-58(48-61)75(57)97-101(91,92)71-25-17-65(81)18-26-71/h7-28,33-34,39-42,47-50,83-84H,29-32,35-38,43-46H2,1-6H3. The van der Waals surface area contributed by atoms with E-state index in [1.807, 2.05) is 126 Å². The summed E-state index contributed by atoms with van der Waals surface area (Å²) >= 11 is 13.8. The highest BCUT2D eigenvalue weighted by molar-refractivity contribution is 9.11. The summed E-state index contributed by atoms with van der Waals surface area (Å²) in [4.78, 5) is 8.32. The van der Waals surface area contributed by atoms with Crippen molar-refractivity contribution < 1.29 is 50.4 Å². The fraction of sp³-hybridized carbons (Fsp3) is 0.256. The van der Waals surface area contributed by atoms with Gasteiger partial charge in [0.15, 0.2) is 0 Å². The van der Waals surface area contributed by atoms with Crippen LogP contribution in [0.5, 0.6) is 23.0 Å². The maximum absolute atomic E-state index is 15.3. The summed E-state index contributed by atoms with van der Waals surface area (Å²) in [6.07, 6.45) is 4.61. The molecule has 0 saturated carbocycles. The minimum absolute atomic E-state index is 0.108. The van der Waals surface area contributed by atoms with Crippen LogP contribution in [-0.4, -0.2) is 69.8 Å². The molecule has 8 bridgehead atoms. The van der Waals surface area contributed by atoms with Gasteiger partial charge in [-0.1, -0.05) is 166 Å². The Morgan fingerprint density at radius 1 is 0.333 bits per heavy atom. The van der Waals surface area contributed by atoms with E-state index in [-0.39, 0.29) is 68.3 Å². The van der Waals surface area contributed by atoms with Crippen LogP contribution < -0.4 is 27.4 Å². The quantitative estimate of drug-likeness (QED) is 0.0424. The van der Waals surface area contributed by atoms with Crippen LogP contribution in [0.4, 0.5) is 0 Å².